The number of benzene rings is 1. The number of esters is 1. The summed E-state index contributed by atoms with van der Waals surface area (Å²) in [7, 11) is 1.40. The summed E-state index contributed by atoms with van der Waals surface area (Å²) in [5, 5.41) is 0. The predicted molar refractivity (Wildman–Crippen MR) is 59.5 cm³/mol. The molecule has 0 spiro atoms. The van der Waals surface area contributed by atoms with E-state index < -0.39 is 0 Å². The number of carbonyl (C=O) groups is 1. The highest BCUT2D eigenvalue weighted by molar-refractivity contribution is 5.72. The van der Waals surface area contributed by atoms with Crippen LogP contribution in [0.25, 0.3) is 0 Å². The number of methoxy groups -OCH3 is 1. The van der Waals surface area contributed by atoms with Crippen LogP contribution in [0.5, 0.6) is 0 Å². The van der Waals surface area contributed by atoms with Gasteiger partial charge in [-0.1, -0.05) is 24.3 Å². The molecule has 3 heteroatoms. The zero-order valence-electron chi connectivity index (χ0n) is 9.19. The fraction of sp³-hybridized carbons (Fsp3) is 0.417. The van der Waals surface area contributed by atoms with Crippen LogP contribution in [0.4, 0.5) is 0 Å². The van der Waals surface area contributed by atoms with Gasteiger partial charge < -0.3 is 10.5 Å². The van der Waals surface area contributed by atoms with E-state index >= 15 is 0 Å². The van der Waals surface area contributed by atoms with E-state index in [-0.39, 0.29) is 12.0 Å². The van der Waals surface area contributed by atoms with E-state index in [0.29, 0.717) is 6.42 Å². The van der Waals surface area contributed by atoms with Gasteiger partial charge in [0.2, 0.25) is 0 Å². The molecule has 1 aromatic carbocycles. The Labute approximate surface area is 90.2 Å². The second-order valence-corrected chi connectivity index (χ2v) is 3.75. The maximum absolute atomic E-state index is 11.0. The van der Waals surface area contributed by atoms with Gasteiger partial charge in [-0.15, -0.1) is 0 Å². The molecule has 1 atom stereocenters. The van der Waals surface area contributed by atoms with Gasteiger partial charge in [0.1, 0.15) is 0 Å². The lowest BCUT2D eigenvalue weighted by molar-refractivity contribution is -0.139. The van der Waals surface area contributed by atoms with Crippen LogP contribution in [-0.4, -0.2) is 19.1 Å². The van der Waals surface area contributed by atoms with Gasteiger partial charge in [-0.25, -0.2) is 0 Å². The summed E-state index contributed by atoms with van der Waals surface area (Å²) in [4.78, 5) is 11.0. The lowest BCUT2D eigenvalue weighted by atomic mass is 10.0. The molecule has 0 radical (unpaired) electrons. The molecular formula is C12H17NO2. The Morgan fingerprint density at radius 1 is 1.33 bits per heavy atom. The number of ether oxygens (including phenoxy) is 1. The van der Waals surface area contributed by atoms with Crippen molar-refractivity contribution in [3.8, 4) is 0 Å². The number of nitrogens with two attached hydrogens (primary N) is 1. The van der Waals surface area contributed by atoms with Crippen LogP contribution < -0.4 is 5.73 Å². The summed E-state index contributed by atoms with van der Waals surface area (Å²) in [5.74, 6) is -0.213. The average molecular weight is 207 g/mol. The zero-order valence-corrected chi connectivity index (χ0v) is 9.19. The third-order valence-corrected chi connectivity index (χ3v) is 2.16. The number of rotatable bonds is 4. The van der Waals surface area contributed by atoms with Gasteiger partial charge in [0.05, 0.1) is 13.5 Å². The lowest BCUT2D eigenvalue weighted by Crippen LogP contribution is -2.17. The molecule has 1 aromatic rings. The molecule has 0 saturated carbocycles. The molecule has 1 rings (SSSR count). The average Bonchev–Trinajstić information content (AvgIpc) is 2.20. The van der Waals surface area contributed by atoms with Crippen LogP contribution >= 0.6 is 0 Å². The van der Waals surface area contributed by atoms with E-state index in [1.807, 2.05) is 31.2 Å². The van der Waals surface area contributed by atoms with Crippen molar-refractivity contribution in [2.75, 3.05) is 7.11 Å². The van der Waals surface area contributed by atoms with Crippen molar-refractivity contribution < 1.29 is 9.53 Å². The van der Waals surface area contributed by atoms with Crippen molar-refractivity contribution in [2.45, 2.75) is 25.8 Å². The van der Waals surface area contributed by atoms with Gasteiger partial charge in [0.25, 0.3) is 0 Å². The Morgan fingerprint density at radius 3 is 2.33 bits per heavy atom. The third kappa shape index (κ3) is 4.13. The topological polar surface area (TPSA) is 52.3 Å². The van der Waals surface area contributed by atoms with Crippen molar-refractivity contribution >= 4 is 5.97 Å². The molecule has 0 fully saturated rings. The van der Waals surface area contributed by atoms with E-state index in [9.17, 15) is 4.79 Å². The zero-order chi connectivity index (χ0) is 11.3. The normalized spacial score (nSPS) is 12.2. The molecule has 15 heavy (non-hydrogen) atoms. The molecule has 0 aliphatic heterocycles. The van der Waals surface area contributed by atoms with Crippen molar-refractivity contribution in [1.82, 2.24) is 0 Å². The van der Waals surface area contributed by atoms with Crippen molar-refractivity contribution in [3.63, 3.8) is 0 Å². The van der Waals surface area contributed by atoms with Crippen LogP contribution in [0.3, 0.4) is 0 Å². The van der Waals surface area contributed by atoms with E-state index in [0.717, 1.165) is 12.0 Å². The van der Waals surface area contributed by atoms with Gasteiger partial charge in [0, 0.05) is 6.04 Å². The summed E-state index contributed by atoms with van der Waals surface area (Å²) < 4.78 is 4.59. The highest BCUT2D eigenvalue weighted by atomic mass is 16.5. The molecule has 3 nitrogen and oxygen atoms in total. The first-order valence-electron chi connectivity index (χ1n) is 5.02. The van der Waals surface area contributed by atoms with Crippen LogP contribution in [0, 0.1) is 0 Å². The molecule has 82 valence electrons. The molecule has 0 amide bonds. The smallest absolute Gasteiger partial charge is 0.309 e. The molecule has 0 unspecified atom stereocenters. The van der Waals surface area contributed by atoms with Gasteiger partial charge in [0.15, 0.2) is 0 Å². The minimum absolute atomic E-state index is 0.163. The summed E-state index contributed by atoms with van der Waals surface area (Å²) in [5.41, 5.74) is 7.85. The number of hydrogen-bond donors (Lipinski definition) is 1. The summed E-state index contributed by atoms with van der Waals surface area (Å²) in [6, 6.07) is 8.04. The van der Waals surface area contributed by atoms with Crippen LogP contribution in [-0.2, 0) is 22.4 Å². The van der Waals surface area contributed by atoms with Gasteiger partial charge >= 0.3 is 5.97 Å². The fourth-order valence-electron chi connectivity index (χ4n) is 1.40. The largest absolute Gasteiger partial charge is 0.469 e. The predicted octanol–water partition coefficient (Wildman–Crippen LogP) is 1.29. The summed E-state index contributed by atoms with van der Waals surface area (Å²) in [6.07, 6.45) is 1.19. The molecule has 0 aliphatic rings. The summed E-state index contributed by atoms with van der Waals surface area (Å²) >= 11 is 0. The van der Waals surface area contributed by atoms with E-state index in [2.05, 4.69) is 4.74 Å². The summed E-state index contributed by atoms with van der Waals surface area (Å²) in [6.45, 7) is 1.97. The first kappa shape index (κ1) is 11.7. The van der Waals surface area contributed by atoms with Crippen LogP contribution in [0.1, 0.15) is 18.1 Å². The Kier molecular flexibility index (Phi) is 4.31. The van der Waals surface area contributed by atoms with E-state index in [4.69, 9.17) is 5.73 Å². The minimum Gasteiger partial charge on any atom is -0.469 e. The number of carbonyl (C=O) groups excluding carboxylic acids is 1. The highest BCUT2D eigenvalue weighted by Gasteiger charge is 2.03. The molecule has 0 aliphatic carbocycles. The second kappa shape index (κ2) is 5.51. The second-order valence-electron chi connectivity index (χ2n) is 3.75. The van der Waals surface area contributed by atoms with Gasteiger partial charge in [-0.2, -0.15) is 0 Å². The Hall–Kier alpha value is -1.35. The van der Waals surface area contributed by atoms with Crippen molar-refractivity contribution in [2.24, 2.45) is 5.73 Å². The Morgan fingerprint density at radius 2 is 1.87 bits per heavy atom. The van der Waals surface area contributed by atoms with E-state index in [1.165, 1.54) is 12.7 Å². The standard InChI is InChI=1S/C12H17NO2/c1-9(13)7-10-3-5-11(6-4-10)8-12(14)15-2/h3-6,9H,7-8,13H2,1-2H3/t9-/m1/s1. The third-order valence-electron chi connectivity index (χ3n) is 2.16. The van der Waals surface area contributed by atoms with Gasteiger partial charge in [-0.05, 0) is 24.5 Å². The quantitative estimate of drug-likeness (QED) is 0.757. The number of hydrogen-bond acceptors (Lipinski definition) is 3. The lowest BCUT2D eigenvalue weighted by Gasteiger charge is -2.06. The van der Waals surface area contributed by atoms with Crippen molar-refractivity contribution in [1.29, 1.82) is 0 Å². The van der Waals surface area contributed by atoms with Gasteiger partial charge in [-0.3, -0.25) is 4.79 Å². The molecule has 0 heterocycles. The molecule has 2 N–H and O–H groups in total. The fourth-order valence-corrected chi connectivity index (χ4v) is 1.40. The minimum atomic E-state index is -0.213. The Bertz CT molecular complexity index is 317. The molecular weight excluding hydrogens is 190 g/mol. The van der Waals surface area contributed by atoms with Crippen molar-refractivity contribution in [3.05, 3.63) is 35.4 Å². The molecule has 0 aromatic heterocycles. The molecule has 0 saturated heterocycles. The SMILES string of the molecule is COC(=O)Cc1ccc(C[C@@H](C)N)cc1. The van der Waals surface area contributed by atoms with E-state index in [1.54, 1.807) is 0 Å². The van der Waals surface area contributed by atoms with Crippen LogP contribution in [0.2, 0.25) is 0 Å². The first-order valence-corrected chi connectivity index (χ1v) is 5.02. The molecule has 0 bridgehead atoms. The monoisotopic (exact) mass is 207 g/mol. The Balaban J connectivity index is 2.60. The highest BCUT2D eigenvalue weighted by Crippen LogP contribution is 2.07. The maximum Gasteiger partial charge on any atom is 0.309 e. The first-order chi connectivity index (χ1) is 7.11. The maximum atomic E-state index is 11.0. The van der Waals surface area contributed by atoms with Crippen LogP contribution in [0.15, 0.2) is 24.3 Å².